The first-order valence-electron chi connectivity index (χ1n) is 12.9. The fourth-order valence-corrected chi connectivity index (χ4v) is 4.93. The van der Waals surface area contributed by atoms with E-state index in [0.29, 0.717) is 54.2 Å². The Morgan fingerprint density at radius 1 is 1.07 bits per heavy atom. The highest BCUT2D eigenvalue weighted by molar-refractivity contribution is 6.12. The molecule has 0 spiro atoms. The van der Waals surface area contributed by atoms with E-state index in [1.165, 1.54) is 12.1 Å². The van der Waals surface area contributed by atoms with Crippen molar-refractivity contribution in [1.29, 1.82) is 0 Å². The summed E-state index contributed by atoms with van der Waals surface area (Å²) in [7, 11) is 0. The van der Waals surface area contributed by atoms with Crippen LogP contribution in [0.15, 0.2) is 47.3 Å². The Morgan fingerprint density at radius 2 is 1.78 bits per heavy atom. The fraction of sp³-hybridized carbons (Fsp3) is 0.357. The molecule has 41 heavy (non-hydrogen) atoms. The van der Waals surface area contributed by atoms with Gasteiger partial charge in [0.05, 0.1) is 33.4 Å². The quantitative estimate of drug-likeness (QED) is 0.306. The lowest BCUT2D eigenvalue weighted by Crippen LogP contribution is -2.41. The third kappa shape index (κ3) is 5.74. The first-order chi connectivity index (χ1) is 19.2. The molecule has 1 fully saturated rings. The summed E-state index contributed by atoms with van der Waals surface area (Å²) in [6.45, 7) is 6.24. The Hall–Kier alpha value is -4.42. The standard InChI is InChI=1S/C28H27F4N5O4/c1-27(2,3)41-26(40)36-11-9-15(10-12-36)21-14-22(38)34-24-23-19(5-4-6-20(23)35-37(21)24)33-25(39)17-8-7-16(13-18(17)29)28(30,31)32/h4-8,13-15H,9-12H2,1-3H3,(H,33,39)(H,34,38). The van der Waals surface area contributed by atoms with Crippen LogP contribution in [-0.4, -0.2) is 50.2 Å². The smallest absolute Gasteiger partial charge is 0.416 e. The molecule has 0 aliphatic carbocycles. The highest BCUT2D eigenvalue weighted by Crippen LogP contribution is 2.33. The molecule has 2 N–H and O–H groups in total. The molecule has 2 aromatic heterocycles. The number of aromatic amines is 1. The summed E-state index contributed by atoms with van der Waals surface area (Å²) < 4.78 is 60.2. The van der Waals surface area contributed by atoms with E-state index in [1.54, 1.807) is 42.3 Å². The second-order valence-electron chi connectivity index (χ2n) is 10.9. The zero-order valence-electron chi connectivity index (χ0n) is 22.4. The molecule has 3 heterocycles. The van der Waals surface area contributed by atoms with Crippen molar-refractivity contribution in [1.82, 2.24) is 19.5 Å². The van der Waals surface area contributed by atoms with Crippen LogP contribution in [0.3, 0.4) is 0 Å². The second-order valence-corrected chi connectivity index (χ2v) is 10.9. The Kier molecular flexibility index (Phi) is 7.00. The van der Waals surface area contributed by atoms with Gasteiger partial charge in [-0.1, -0.05) is 6.07 Å². The van der Waals surface area contributed by atoms with Crippen molar-refractivity contribution >= 4 is 34.2 Å². The molecule has 216 valence electrons. The van der Waals surface area contributed by atoms with E-state index in [4.69, 9.17) is 4.74 Å². The van der Waals surface area contributed by atoms with E-state index in [0.717, 1.165) is 6.07 Å². The number of carbonyl (C=O) groups excluding carboxylic acids is 2. The number of aromatic nitrogens is 3. The molecule has 0 radical (unpaired) electrons. The largest absolute Gasteiger partial charge is 0.444 e. The lowest BCUT2D eigenvalue weighted by Gasteiger charge is -2.33. The van der Waals surface area contributed by atoms with Crippen LogP contribution in [-0.2, 0) is 10.9 Å². The van der Waals surface area contributed by atoms with E-state index in [1.807, 2.05) is 0 Å². The molecular weight excluding hydrogens is 546 g/mol. The Labute approximate surface area is 231 Å². The maximum atomic E-state index is 14.5. The zero-order chi connectivity index (χ0) is 29.7. The number of piperidine rings is 1. The number of nitrogens with zero attached hydrogens (tertiary/aromatic N) is 3. The summed E-state index contributed by atoms with van der Waals surface area (Å²) in [5.74, 6) is -2.39. The molecule has 0 bridgehead atoms. The minimum absolute atomic E-state index is 0.105. The summed E-state index contributed by atoms with van der Waals surface area (Å²) in [6, 6.07) is 7.91. The SMILES string of the molecule is CC(C)(C)OC(=O)N1CCC(c2cc(=O)[nH]c3c4c(NC(=O)c5ccc(C(F)(F)F)cc5F)cccc4nn23)CC1. The molecule has 1 aliphatic heterocycles. The molecule has 0 saturated carbocycles. The molecule has 2 aromatic carbocycles. The number of halogens is 4. The highest BCUT2D eigenvalue weighted by Gasteiger charge is 2.32. The topological polar surface area (TPSA) is 109 Å². The van der Waals surface area contributed by atoms with Crippen molar-refractivity contribution in [2.45, 2.75) is 51.3 Å². The number of fused-ring (bicyclic) bond motifs is 3. The molecule has 1 saturated heterocycles. The van der Waals surface area contributed by atoms with Crippen molar-refractivity contribution in [3.8, 4) is 0 Å². The Bertz CT molecular complexity index is 1710. The van der Waals surface area contributed by atoms with Crippen molar-refractivity contribution in [3.63, 3.8) is 0 Å². The van der Waals surface area contributed by atoms with Crippen LogP contribution in [0.1, 0.15) is 61.1 Å². The number of rotatable bonds is 3. The predicted octanol–water partition coefficient (Wildman–Crippen LogP) is 5.70. The molecule has 2 amide bonds. The minimum atomic E-state index is -4.76. The summed E-state index contributed by atoms with van der Waals surface area (Å²) in [5, 5.41) is 7.54. The van der Waals surface area contributed by atoms with Crippen LogP contribution >= 0.6 is 0 Å². The van der Waals surface area contributed by atoms with Gasteiger partial charge in [0, 0.05) is 25.1 Å². The van der Waals surface area contributed by atoms with Crippen molar-refractivity contribution in [2.75, 3.05) is 18.4 Å². The van der Waals surface area contributed by atoms with Gasteiger partial charge in [-0.2, -0.15) is 18.3 Å². The van der Waals surface area contributed by atoms with Gasteiger partial charge in [0.1, 0.15) is 17.1 Å². The number of ether oxygens (including phenoxy) is 1. The number of hydrogen-bond acceptors (Lipinski definition) is 5. The highest BCUT2D eigenvalue weighted by atomic mass is 19.4. The fourth-order valence-electron chi connectivity index (χ4n) is 4.93. The number of H-pyrrole nitrogens is 1. The summed E-state index contributed by atoms with van der Waals surface area (Å²) in [4.78, 5) is 42.4. The number of hydrogen-bond donors (Lipinski definition) is 2. The Morgan fingerprint density at radius 3 is 2.41 bits per heavy atom. The van der Waals surface area contributed by atoms with Crippen LogP contribution in [0, 0.1) is 5.82 Å². The predicted molar refractivity (Wildman–Crippen MR) is 142 cm³/mol. The number of carbonyl (C=O) groups is 2. The number of nitrogens with one attached hydrogen (secondary N) is 2. The molecule has 0 unspecified atom stereocenters. The maximum Gasteiger partial charge on any atom is 0.416 e. The van der Waals surface area contributed by atoms with Gasteiger partial charge in [-0.25, -0.2) is 13.7 Å². The maximum absolute atomic E-state index is 14.5. The van der Waals surface area contributed by atoms with Crippen LogP contribution in [0.2, 0.25) is 0 Å². The zero-order valence-corrected chi connectivity index (χ0v) is 22.4. The van der Waals surface area contributed by atoms with Gasteiger partial charge in [0.15, 0.2) is 0 Å². The van der Waals surface area contributed by atoms with Crippen molar-refractivity contribution in [3.05, 3.63) is 75.5 Å². The number of anilines is 1. The first-order valence-corrected chi connectivity index (χ1v) is 12.9. The lowest BCUT2D eigenvalue weighted by atomic mass is 9.93. The van der Waals surface area contributed by atoms with Gasteiger partial charge >= 0.3 is 12.3 Å². The molecule has 13 heteroatoms. The summed E-state index contributed by atoms with van der Waals surface area (Å²) >= 11 is 0. The summed E-state index contributed by atoms with van der Waals surface area (Å²) in [5.41, 5.74) is -1.28. The molecular formula is C28H27F4N5O4. The normalized spacial score (nSPS) is 15.0. The number of amides is 2. The van der Waals surface area contributed by atoms with Crippen LogP contribution in [0.5, 0.6) is 0 Å². The first kappa shape index (κ1) is 28.1. The third-order valence-corrected chi connectivity index (χ3v) is 6.82. The molecule has 1 aliphatic rings. The van der Waals surface area contributed by atoms with Gasteiger partial charge in [-0.15, -0.1) is 0 Å². The van der Waals surface area contributed by atoms with E-state index >= 15 is 0 Å². The van der Waals surface area contributed by atoms with Crippen LogP contribution in [0.25, 0.3) is 16.6 Å². The monoisotopic (exact) mass is 573 g/mol. The van der Waals surface area contributed by atoms with Gasteiger partial charge in [-0.05, 0) is 63.9 Å². The van der Waals surface area contributed by atoms with Gasteiger partial charge in [0.25, 0.3) is 11.5 Å². The molecule has 9 nitrogen and oxygen atoms in total. The van der Waals surface area contributed by atoms with Crippen molar-refractivity contribution in [2.24, 2.45) is 0 Å². The minimum Gasteiger partial charge on any atom is -0.444 e. The second kappa shape index (κ2) is 10.2. The lowest BCUT2D eigenvalue weighted by molar-refractivity contribution is -0.137. The van der Waals surface area contributed by atoms with E-state index in [-0.39, 0.29) is 17.7 Å². The molecule has 5 rings (SSSR count). The summed E-state index contributed by atoms with van der Waals surface area (Å²) in [6.07, 6.45) is -4.04. The van der Waals surface area contributed by atoms with E-state index < -0.39 is 46.3 Å². The van der Waals surface area contributed by atoms with Gasteiger partial charge in [-0.3, -0.25) is 9.59 Å². The Balaban J connectivity index is 1.45. The van der Waals surface area contributed by atoms with Gasteiger partial charge < -0.3 is 19.9 Å². The average molecular weight is 574 g/mol. The molecule has 4 aromatic rings. The van der Waals surface area contributed by atoms with Crippen LogP contribution < -0.4 is 10.9 Å². The van der Waals surface area contributed by atoms with E-state index in [2.05, 4.69) is 15.4 Å². The molecule has 0 atom stereocenters. The van der Waals surface area contributed by atoms with E-state index in [9.17, 15) is 31.9 Å². The third-order valence-electron chi connectivity index (χ3n) is 6.82. The van der Waals surface area contributed by atoms with Crippen LogP contribution in [0.4, 0.5) is 28.0 Å². The number of benzene rings is 2. The average Bonchev–Trinajstić information content (AvgIpc) is 3.26. The number of alkyl halides is 3. The van der Waals surface area contributed by atoms with Crippen molar-refractivity contribution < 1.29 is 31.9 Å². The number of likely N-dealkylation sites (tertiary alicyclic amines) is 1. The van der Waals surface area contributed by atoms with Gasteiger partial charge in [0.2, 0.25) is 0 Å².